The van der Waals surface area contributed by atoms with E-state index < -0.39 is 0 Å². The number of thiol groups is 1. The molecule has 3 rings (SSSR count). The van der Waals surface area contributed by atoms with Gasteiger partial charge in [-0.25, -0.2) is 4.68 Å². The fourth-order valence-electron chi connectivity index (χ4n) is 2.55. The van der Waals surface area contributed by atoms with Gasteiger partial charge < -0.3 is 4.90 Å². The second kappa shape index (κ2) is 4.61. The SMILES string of the molecule is O=c1cc(N2CCCC2)cnn1CC1(CS)CC1. The van der Waals surface area contributed by atoms with Crippen molar-refractivity contribution < 1.29 is 0 Å². The zero-order valence-electron chi connectivity index (χ0n) is 10.5. The highest BCUT2D eigenvalue weighted by Crippen LogP contribution is 2.47. The molecule has 2 aliphatic rings. The zero-order chi connectivity index (χ0) is 12.6. The lowest BCUT2D eigenvalue weighted by Gasteiger charge is -2.18. The normalized spacial score (nSPS) is 21.3. The summed E-state index contributed by atoms with van der Waals surface area (Å²) in [6.07, 6.45) is 6.59. The van der Waals surface area contributed by atoms with Crippen LogP contribution in [0.15, 0.2) is 17.1 Å². The van der Waals surface area contributed by atoms with E-state index in [1.54, 1.807) is 10.7 Å². The van der Waals surface area contributed by atoms with E-state index in [1.165, 1.54) is 25.7 Å². The van der Waals surface area contributed by atoms with Gasteiger partial charge in [0.05, 0.1) is 18.4 Å². The Morgan fingerprint density at radius 3 is 2.61 bits per heavy atom. The van der Waals surface area contributed by atoms with Crippen LogP contribution in [0.4, 0.5) is 5.69 Å². The Morgan fingerprint density at radius 2 is 2.06 bits per heavy atom. The first kappa shape index (κ1) is 12.1. The van der Waals surface area contributed by atoms with Crippen LogP contribution < -0.4 is 10.5 Å². The molecule has 0 bridgehead atoms. The third-order valence-electron chi connectivity index (χ3n) is 4.10. The first-order valence-electron chi connectivity index (χ1n) is 6.65. The lowest BCUT2D eigenvalue weighted by molar-refractivity contribution is 0.424. The molecule has 0 unspecified atom stereocenters. The highest BCUT2D eigenvalue weighted by atomic mass is 32.1. The van der Waals surface area contributed by atoms with Crippen molar-refractivity contribution in [3.63, 3.8) is 0 Å². The van der Waals surface area contributed by atoms with Crippen LogP contribution >= 0.6 is 12.6 Å². The second-order valence-electron chi connectivity index (χ2n) is 5.56. The van der Waals surface area contributed by atoms with Crippen molar-refractivity contribution in [1.82, 2.24) is 9.78 Å². The van der Waals surface area contributed by atoms with Gasteiger partial charge >= 0.3 is 0 Å². The second-order valence-corrected chi connectivity index (χ2v) is 5.88. The summed E-state index contributed by atoms with van der Waals surface area (Å²) in [6.45, 7) is 2.81. The molecule has 0 amide bonds. The lowest BCUT2D eigenvalue weighted by Crippen LogP contribution is -2.29. The molecule has 0 atom stereocenters. The van der Waals surface area contributed by atoms with Crippen LogP contribution in [0.1, 0.15) is 25.7 Å². The highest BCUT2D eigenvalue weighted by Gasteiger charge is 2.42. The van der Waals surface area contributed by atoms with E-state index in [0.717, 1.165) is 31.1 Å². The topological polar surface area (TPSA) is 38.1 Å². The maximum absolute atomic E-state index is 12.1. The Balaban J connectivity index is 1.78. The van der Waals surface area contributed by atoms with Gasteiger partial charge in [-0.2, -0.15) is 17.7 Å². The third kappa shape index (κ3) is 2.28. The third-order valence-corrected chi connectivity index (χ3v) is 4.77. The molecule has 1 saturated carbocycles. The van der Waals surface area contributed by atoms with Crippen molar-refractivity contribution in [3.05, 3.63) is 22.6 Å². The van der Waals surface area contributed by atoms with Crippen molar-refractivity contribution >= 4 is 18.3 Å². The van der Waals surface area contributed by atoms with E-state index in [4.69, 9.17) is 0 Å². The van der Waals surface area contributed by atoms with E-state index in [-0.39, 0.29) is 11.0 Å². The largest absolute Gasteiger partial charge is 0.370 e. The Morgan fingerprint density at radius 1 is 1.33 bits per heavy atom. The van der Waals surface area contributed by atoms with Gasteiger partial charge in [-0.3, -0.25) is 4.79 Å². The molecular weight excluding hydrogens is 246 g/mol. The molecule has 98 valence electrons. The first-order valence-corrected chi connectivity index (χ1v) is 7.29. The number of nitrogens with zero attached hydrogens (tertiary/aromatic N) is 3. The minimum Gasteiger partial charge on any atom is -0.370 e. The molecule has 0 radical (unpaired) electrons. The predicted molar refractivity (Wildman–Crippen MR) is 75.5 cm³/mol. The van der Waals surface area contributed by atoms with Crippen molar-refractivity contribution in [1.29, 1.82) is 0 Å². The van der Waals surface area contributed by atoms with Gasteiger partial charge in [0.2, 0.25) is 0 Å². The molecule has 0 spiro atoms. The maximum Gasteiger partial charge on any atom is 0.268 e. The van der Waals surface area contributed by atoms with Gasteiger partial charge in [0.15, 0.2) is 0 Å². The Hall–Kier alpha value is -0.970. The van der Waals surface area contributed by atoms with Crippen molar-refractivity contribution in [2.75, 3.05) is 23.7 Å². The molecule has 2 fully saturated rings. The average Bonchev–Trinajstić information content (AvgIpc) is 2.94. The summed E-state index contributed by atoms with van der Waals surface area (Å²) in [5, 5.41) is 4.32. The first-order chi connectivity index (χ1) is 8.72. The summed E-state index contributed by atoms with van der Waals surface area (Å²) in [5.41, 5.74) is 1.23. The number of aromatic nitrogens is 2. The summed E-state index contributed by atoms with van der Waals surface area (Å²) in [6, 6.07) is 1.73. The highest BCUT2D eigenvalue weighted by molar-refractivity contribution is 7.80. The zero-order valence-corrected chi connectivity index (χ0v) is 11.4. The fraction of sp³-hybridized carbons (Fsp3) is 0.692. The monoisotopic (exact) mass is 265 g/mol. The van der Waals surface area contributed by atoms with Gasteiger partial charge in [0.1, 0.15) is 0 Å². The molecule has 4 nitrogen and oxygen atoms in total. The molecular formula is C13H19N3OS. The molecule has 1 aliphatic heterocycles. The van der Waals surface area contributed by atoms with Gasteiger partial charge in [0.25, 0.3) is 5.56 Å². The van der Waals surface area contributed by atoms with Gasteiger partial charge in [-0.05, 0) is 36.9 Å². The van der Waals surface area contributed by atoms with Crippen LogP contribution in [0.5, 0.6) is 0 Å². The van der Waals surface area contributed by atoms with E-state index in [9.17, 15) is 4.79 Å². The number of anilines is 1. The summed E-state index contributed by atoms with van der Waals surface area (Å²) >= 11 is 4.37. The standard InChI is InChI=1S/C13H19N3OS/c17-12-7-11(15-5-1-2-6-15)8-14-16(12)9-13(10-18)3-4-13/h7-8,18H,1-6,9-10H2. The quantitative estimate of drug-likeness (QED) is 0.840. The van der Waals surface area contributed by atoms with Crippen molar-refractivity contribution in [3.8, 4) is 0 Å². The molecule has 1 saturated heterocycles. The predicted octanol–water partition coefficient (Wildman–Crippen LogP) is 1.55. The van der Waals surface area contributed by atoms with Crippen LogP contribution in [0.25, 0.3) is 0 Å². The summed E-state index contributed by atoms with van der Waals surface area (Å²) in [7, 11) is 0. The Bertz CT molecular complexity index is 489. The van der Waals surface area contributed by atoms with E-state index in [2.05, 4.69) is 22.6 Å². The molecule has 1 aromatic heterocycles. The molecule has 18 heavy (non-hydrogen) atoms. The molecule has 2 heterocycles. The van der Waals surface area contributed by atoms with E-state index in [0.29, 0.717) is 0 Å². The van der Waals surface area contributed by atoms with Crippen LogP contribution in [0, 0.1) is 5.41 Å². The van der Waals surface area contributed by atoms with Gasteiger partial charge in [-0.1, -0.05) is 0 Å². The minimum atomic E-state index is 0.0208. The number of hydrogen-bond acceptors (Lipinski definition) is 4. The van der Waals surface area contributed by atoms with E-state index >= 15 is 0 Å². The van der Waals surface area contributed by atoms with Gasteiger partial charge in [0, 0.05) is 19.2 Å². The number of hydrogen-bond donors (Lipinski definition) is 1. The van der Waals surface area contributed by atoms with Gasteiger partial charge in [-0.15, -0.1) is 0 Å². The lowest BCUT2D eigenvalue weighted by atomic mass is 10.1. The molecule has 1 aromatic rings. The number of rotatable bonds is 4. The maximum atomic E-state index is 12.1. The fourth-order valence-corrected chi connectivity index (χ4v) is 2.97. The van der Waals surface area contributed by atoms with Crippen LogP contribution in [-0.4, -0.2) is 28.6 Å². The molecule has 0 N–H and O–H groups in total. The Kier molecular flexibility index (Phi) is 3.09. The summed E-state index contributed by atoms with van der Waals surface area (Å²) in [5.74, 6) is 0.842. The smallest absolute Gasteiger partial charge is 0.268 e. The van der Waals surface area contributed by atoms with Crippen molar-refractivity contribution in [2.45, 2.75) is 32.2 Å². The van der Waals surface area contributed by atoms with Crippen molar-refractivity contribution in [2.24, 2.45) is 5.41 Å². The summed E-state index contributed by atoms with van der Waals surface area (Å²) in [4.78, 5) is 14.3. The van der Waals surface area contributed by atoms with E-state index in [1.807, 2.05) is 6.20 Å². The summed E-state index contributed by atoms with van der Waals surface area (Å²) < 4.78 is 1.60. The molecule has 0 aromatic carbocycles. The molecule has 5 heteroatoms. The Labute approximate surface area is 112 Å². The molecule has 1 aliphatic carbocycles. The minimum absolute atomic E-state index is 0.0208. The van der Waals surface area contributed by atoms with Crippen LogP contribution in [0.2, 0.25) is 0 Å². The van der Waals surface area contributed by atoms with Crippen LogP contribution in [0.3, 0.4) is 0 Å². The van der Waals surface area contributed by atoms with Crippen LogP contribution in [-0.2, 0) is 6.54 Å². The average molecular weight is 265 g/mol.